The number of rotatable bonds is 6. The molecule has 0 amide bonds. The van der Waals surface area contributed by atoms with Crippen LogP contribution < -0.4 is 0 Å². The van der Waals surface area contributed by atoms with Crippen molar-refractivity contribution in [2.45, 2.75) is 11.9 Å². The Morgan fingerprint density at radius 3 is 2.78 bits per heavy atom. The number of nitrogens with zero attached hydrogens (tertiary/aromatic N) is 3. The Bertz CT molecular complexity index is 475. The molecule has 1 aromatic heterocycles. The van der Waals surface area contributed by atoms with Gasteiger partial charge in [-0.3, -0.25) is 0 Å². The molecule has 0 saturated carbocycles. The summed E-state index contributed by atoms with van der Waals surface area (Å²) in [6, 6.07) is 9.69. The highest BCUT2D eigenvalue weighted by Crippen LogP contribution is 2.12. The van der Waals surface area contributed by atoms with Crippen LogP contribution in [-0.4, -0.2) is 43.7 Å². The molecule has 2 aromatic rings. The second-order valence-corrected chi connectivity index (χ2v) is 4.84. The van der Waals surface area contributed by atoms with Gasteiger partial charge in [-0.25, -0.2) is 0 Å². The summed E-state index contributed by atoms with van der Waals surface area (Å²) < 4.78 is 0. The lowest BCUT2D eigenvalue weighted by molar-refractivity contribution is 0.113. The fourth-order valence-corrected chi connectivity index (χ4v) is 2.24. The minimum atomic E-state index is -0.667. The van der Waals surface area contributed by atoms with Crippen molar-refractivity contribution in [2.24, 2.45) is 0 Å². The third-order valence-electron chi connectivity index (χ3n) is 2.30. The minimum Gasteiger partial charge on any atom is -0.394 e. The van der Waals surface area contributed by atoms with Crippen LogP contribution in [-0.2, 0) is 5.75 Å². The van der Waals surface area contributed by atoms with E-state index in [0.717, 1.165) is 11.4 Å². The van der Waals surface area contributed by atoms with Gasteiger partial charge in [0.15, 0.2) is 0 Å². The van der Waals surface area contributed by atoms with E-state index in [-0.39, 0.29) is 6.61 Å². The first-order valence-electron chi connectivity index (χ1n) is 5.63. The minimum absolute atomic E-state index is 0.205. The second kappa shape index (κ2) is 6.53. The summed E-state index contributed by atoms with van der Waals surface area (Å²) in [4.78, 5) is 1.58. The Labute approximate surface area is 109 Å². The third-order valence-corrected chi connectivity index (χ3v) is 3.42. The highest BCUT2D eigenvalue weighted by Gasteiger charge is 2.05. The topological polar surface area (TPSA) is 71.2 Å². The summed E-state index contributed by atoms with van der Waals surface area (Å²) >= 11 is 1.52. The number of benzene rings is 1. The Balaban J connectivity index is 1.91. The van der Waals surface area contributed by atoms with Crippen LogP contribution in [0.15, 0.2) is 36.5 Å². The lowest BCUT2D eigenvalue weighted by atomic mass is 10.3. The molecule has 0 aliphatic carbocycles. The molecular weight excluding hydrogens is 250 g/mol. The van der Waals surface area contributed by atoms with E-state index in [1.54, 1.807) is 11.0 Å². The van der Waals surface area contributed by atoms with Gasteiger partial charge in [0.2, 0.25) is 0 Å². The number of thioether (sulfide) groups is 1. The van der Waals surface area contributed by atoms with Gasteiger partial charge in [-0.2, -0.15) is 26.8 Å². The zero-order chi connectivity index (χ0) is 12.8. The molecule has 2 N–H and O–H groups in total. The largest absolute Gasteiger partial charge is 0.394 e. The summed E-state index contributed by atoms with van der Waals surface area (Å²) in [5, 5.41) is 26.4. The number of hydrogen-bond donors (Lipinski definition) is 2. The van der Waals surface area contributed by atoms with Crippen molar-refractivity contribution in [1.29, 1.82) is 0 Å². The molecule has 0 unspecified atom stereocenters. The van der Waals surface area contributed by atoms with Gasteiger partial charge in [0.25, 0.3) is 0 Å². The van der Waals surface area contributed by atoms with Crippen molar-refractivity contribution in [3.8, 4) is 5.69 Å². The quantitative estimate of drug-likeness (QED) is 0.810. The first kappa shape index (κ1) is 13.1. The zero-order valence-corrected chi connectivity index (χ0v) is 10.6. The molecule has 96 valence electrons. The average molecular weight is 265 g/mol. The van der Waals surface area contributed by atoms with Gasteiger partial charge in [-0.05, 0) is 12.1 Å². The van der Waals surface area contributed by atoms with Gasteiger partial charge in [-0.1, -0.05) is 18.2 Å². The fourth-order valence-electron chi connectivity index (χ4n) is 1.40. The summed E-state index contributed by atoms with van der Waals surface area (Å²) in [6.07, 6.45) is 1.05. The lowest BCUT2D eigenvalue weighted by Gasteiger charge is -2.04. The van der Waals surface area contributed by atoms with Crippen molar-refractivity contribution in [3.05, 3.63) is 42.2 Å². The molecule has 0 aliphatic rings. The maximum Gasteiger partial charge on any atom is 0.0930 e. The molecule has 0 bridgehead atoms. The van der Waals surface area contributed by atoms with Gasteiger partial charge < -0.3 is 10.2 Å². The van der Waals surface area contributed by atoms with Crippen LogP contribution in [0.4, 0.5) is 0 Å². The normalized spacial score (nSPS) is 12.6. The Morgan fingerprint density at radius 2 is 2.06 bits per heavy atom. The van der Waals surface area contributed by atoms with Crippen molar-refractivity contribution < 1.29 is 10.2 Å². The highest BCUT2D eigenvalue weighted by molar-refractivity contribution is 7.98. The number of aliphatic hydroxyl groups is 2. The zero-order valence-electron chi connectivity index (χ0n) is 9.81. The van der Waals surface area contributed by atoms with Crippen LogP contribution in [0.25, 0.3) is 5.69 Å². The smallest absolute Gasteiger partial charge is 0.0930 e. The fraction of sp³-hybridized carbons (Fsp3) is 0.333. The van der Waals surface area contributed by atoms with E-state index in [1.165, 1.54) is 11.8 Å². The molecule has 6 heteroatoms. The SMILES string of the molecule is OC[C@@H](O)CSCc1cnn(-c2ccccc2)n1. The van der Waals surface area contributed by atoms with Crippen LogP contribution >= 0.6 is 11.8 Å². The van der Waals surface area contributed by atoms with Crippen LogP contribution in [0, 0.1) is 0 Å². The first-order valence-corrected chi connectivity index (χ1v) is 6.78. The molecule has 0 fully saturated rings. The summed E-state index contributed by atoms with van der Waals surface area (Å²) in [5.74, 6) is 1.17. The molecule has 5 nitrogen and oxygen atoms in total. The van der Waals surface area contributed by atoms with E-state index in [0.29, 0.717) is 11.5 Å². The molecule has 0 radical (unpaired) electrons. The van der Waals surface area contributed by atoms with Crippen LogP contribution in [0.5, 0.6) is 0 Å². The van der Waals surface area contributed by atoms with E-state index >= 15 is 0 Å². The molecule has 0 aliphatic heterocycles. The summed E-state index contributed by atoms with van der Waals surface area (Å²) in [6.45, 7) is -0.205. The Kier molecular flexibility index (Phi) is 4.74. The Morgan fingerprint density at radius 1 is 1.28 bits per heavy atom. The van der Waals surface area contributed by atoms with E-state index in [4.69, 9.17) is 5.11 Å². The summed E-state index contributed by atoms with van der Waals surface area (Å²) in [7, 11) is 0. The van der Waals surface area contributed by atoms with E-state index < -0.39 is 6.10 Å². The van der Waals surface area contributed by atoms with Gasteiger partial charge >= 0.3 is 0 Å². The van der Waals surface area contributed by atoms with Crippen molar-refractivity contribution in [2.75, 3.05) is 12.4 Å². The van der Waals surface area contributed by atoms with Crippen molar-refractivity contribution in [3.63, 3.8) is 0 Å². The molecule has 2 rings (SSSR count). The molecular formula is C12H15N3O2S. The molecule has 18 heavy (non-hydrogen) atoms. The number of para-hydroxylation sites is 1. The third kappa shape index (κ3) is 3.56. The molecule has 1 heterocycles. The first-order chi connectivity index (χ1) is 8.79. The number of aliphatic hydroxyl groups excluding tert-OH is 2. The van der Waals surface area contributed by atoms with Crippen LogP contribution in [0.1, 0.15) is 5.69 Å². The molecule has 1 aromatic carbocycles. The lowest BCUT2D eigenvalue weighted by Crippen LogP contribution is -2.14. The average Bonchev–Trinajstić information content (AvgIpc) is 2.88. The van der Waals surface area contributed by atoms with E-state index in [1.807, 2.05) is 30.3 Å². The van der Waals surface area contributed by atoms with Gasteiger partial charge in [0.05, 0.1) is 30.3 Å². The molecule has 0 saturated heterocycles. The number of hydrogen-bond acceptors (Lipinski definition) is 5. The number of aromatic nitrogens is 3. The van der Waals surface area contributed by atoms with Gasteiger partial charge in [0.1, 0.15) is 0 Å². The van der Waals surface area contributed by atoms with E-state index in [9.17, 15) is 5.11 Å². The predicted molar refractivity (Wildman–Crippen MR) is 70.6 cm³/mol. The van der Waals surface area contributed by atoms with Gasteiger partial charge in [0, 0.05) is 11.5 Å². The summed E-state index contributed by atoms with van der Waals surface area (Å²) in [5.41, 5.74) is 1.78. The second-order valence-electron chi connectivity index (χ2n) is 3.81. The van der Waals surface area contributed by atoms with Gasteiger partial charge in [-0.15, -0.1) is 0 Å². The highest BCUT2D eigenvalue weighted by atomic mass is 32.2. The molecule has 0 spiro atoms. The standard InChI is InChI=1S/C12H15N3O2S/c16-7-12(17)9-18-8-10-6-13-15(14-10)11-4-2-1-3-5-11/h1-6,12,16-17H,7-9H2/t12-/m1/s1. The van der Waals surface area contributed by atoms with Crippen molar-refractivity contribution >= 4 is 11.8 Å². The predicted octanol–water partition coefficient (Wildman–Crippen LogP) is 0.854. The van der Waals surface area contributed by atoms with E-state index in [2.05, 4.69) is 10.2 Å². The van der Waals surface area contributed by atoms with Crippen LogP contribution in [0.2, 0.25) is 0 Å². The maximum absolute atomic E-state index is 9.21. The van der Waals surface area contributed by atoms with Crippen molar-refractivity contribution in [1.82, 2.24) is 15.0 Å². The van der Waals surface area contributed by atoms with Crippen LogP contribution in [0.3, 0.4) is 0 Å². The Hall–Kier alpha value is -1.37. The maximum atomic E-state index is 9.21. The monoisotopic (exact) mass is 265 g/mol. The molecule has 1 atom stereocenters.